The summed E-state index contributed by atoms with van der Waals surface area (Å²) in [4.78, 5) is 14.7. The molecule has 0 N–H and O–H groups in total. The maximum Gasteiger partial charge on any atom is 0.0544 e. The van der Waals surface area contributed by atoms with Crippen LogP contribution in [-0.2, 0) is 26.2 Å². The molecule has 1 aliphatic rings. The van der Waals surface area contributed by atoms with Crippen molar-refractivity contribution in [3.63, 3.8) is 0 Å². The van der Waals surface area contributed by atoms with Crippen molar-refractivity contribution in [2.45, 2.75) is 63.9 Å². The topological polar surface area (TPSA) is 32.3 Å². The lowest BCUT2D eigenvalue weighted by atomic mass is 9.87. The van der Waals surface area contributed by atoms with Gasteiger partial charge in [-0.2, -0.15) is 0 Å². The van der Waals surface area contributed by atoms with Crippen molar-refractivity contribution >= 4 is 0 Å². The average Bonchev–Trinajstić information content (AvgIpc) is 2.95. The van der Waals surface area contributed by atoms with Crippen molar-refractivity contribution in [2.75, 3.05) is 0 Å². The zero-order valence-electron chi connectivity index (χ0n) is 21.0. The van der Waals surface area contributed by atoms with E-state index in [1.54, 1.807) is 0 Å². The lowest BCUT2D eigenvalue weighted by Crippen LogP contribution is -2.52. The first-order valence-corrected chi connectivity index (χ1v) is 13.2. The third-order valence-electron chi connectivity index (χ3n) is 7.27. The van der Waals surface area contributed by atoms with E-state index in [9.17, 15) is 0 Å². The first kappa shape index (κ1) is 24.4. The molecule has 0 spiro atoms. The predicted octanol–water partition coefficient (Wildman–Crippen LogP) is 6.49. The summed E-state index contributed by atoms with van der Waals surface area (Å²) < 4.78 is 0. The van der Waals surface area contributed by atoms with Crippen LogP contribution in [-0.4, -0.2) is 31.9 Å². The normalized spacial score (nSPS) is 17.9. The van der Waals surface area contributed by atoms with Crippen LogP contribution in [0.15, 0.2) is 109 Å². The van der Waals surface area contributed by atoms with Gasteiger partial charge in [0.25, 0.3) is 0 Å². The van der Waals surface area contributed by atoms with E-state index in [1.165, 1.54) is 36.8 Å². The van der Waals surface area contributed by atoms with E-state index in [1.807, 2.05) is 24.5 Å². The Morgan fingerprint density at radius 1 is 0.500 bits per heavy atom. The minimum Gasteiger partial charge on any atom is -0.289 e. The van der Waals surface area contributed by atoms with Crippen LogP contribution in [0.1, 0.15) is 48.2 Å². The van der Waals surface area contributed by atoms with Crippen LogP contribution in [0.4, 0.5) is 0 Å². The van der Waals surface area contributed by atoms with Crippen LogP contribution < -0.4 is 0 Å². The Balaban J connectivity index is 1.45. The van der Waals surface area contributed by atoms with Crippen LogP contribution in [0.2, 0.25) is 0 Å². The van der Waals surface area contributed by atoms with E-state index in [2.05, 4.69) is 94.7 Å². The SMILES string of the molecule is c1ccc(CN(Cc2ccccn2)[C@@H]2CCCC[C@H]2N(Cc2ccccc2)Cc2ccccn2)cc1. The third kappa shape index (κ3) is 6.66. The van der Waals surface area contributed by atoms with Crippen molar-refractivity contribution in [1.29, 1.82) is 0 Å². The van der Waals surface area contributed by atoms with E-state index in [0.717, 1.165) is 37.6 Å². The Kier molecular flexibility index (Phi) is 8.50. The molecule has 4 heteroatoms. The van der Waals surface area contributed by atoms with Crippen LogP contribution in [0, 0.1) is 0 Å². The van der Waals surface area contributed by atoms with Gasteiger partial charge in [-0.05, 0) is 48.2 Å². The molecular weight excluding hydrogens is 440 g/mol. The van der Waals surface area contributed by atoms with Crippen molar-refractivity contribution in [2.24, 2.45) is 0 Å². The summed E-state index contributed by atoms with van der Waals surface area (Å²) in [6.45, 7) is 3.59. The van der Waals surface area contributed by atoms with Crippen LogP contribution in [0.25, 0.3) is 0 Å². The van der Waals surface area contributed by atoms with E-state index < -0.39 is 0 Å². The van der Waals surface area contributed by atoms with Crippen molar-refractivity contribution < 1.29 is 0 Å². The first-order valence-electron chi connectivity index (χ1n) is 13.2. The standard InChI is InChI=1S/C32H36N4/c1-3-13-27(14-4-1)23-35(25-29-17-9-11-21-33-29)31-19-7-8-20-32(31)36(24-28-15-5-2-6-16-28)26-30-18-10-12-22-34-30/h1-6,9-18,21-22,31-32H,7-8,19-20,23-26H2/t31-,32-/m1/s1. The predicted molar refractivity (Wildman–Crippen MR) is 146 cm³/mol. The van der Waals surface area contributed by atoms with Gasteiger partial charge < -0.3 is 0 Å². The number of aromatic nitrogens is 2. The molecule has 1 saturated carbocycles. The number of benzene rings is 2. The second-order valence-electron chi connectivity index (χ2n) is 9.84. The summed E-state index contributed by atoms with van der Waals surface area (Å²) in [6.07, 6.45) is 8.79. The molecule has 5 rings (SSSR count). The fraction of sp³-hybridized carbons (Fsp3) is 0.312. The molecule has 184 valence electrons. The molecule has 2 atom stereocenters. The van der Waals surface area contributed by atoms with Gasteiger partial charge in [0.05, 0.1) is 11.4 Å². The highest BCUT2D eigenvalue weighted by Crippen LogP contribution is 2.31. The van der Waals surface area contributed by atoms with Crippen LogP contribution in [0.5, 0.6) is 0 Å². The summed E-state index contributed by atoms with van der Waals surface area (Å²) in [6, 6.07) is 35.2. The highest BCUT2D eigenvalue weighted by Gasteiger charge is 2.34. The van der Waals surface area contributed by atoms with E-state index in [0.29, 0.717) is 12.1 Å². The van der Waals surface area contributed by atoms with Gasteiger partial charge in [0.1, 0.15) is 0 Å². The van der Waals surface area contributed by atoms with Crippen molar-refractivity contribution in [1.82, 2.24) is 19.8 Å². The van der Waals surface area contributed by atoms with Crippen LogP contribution >= 0.6 is 0 Å². The quantitative estimate of drug-likeness (QED) is 0.262. The number of hydrogen-bond donors (Lipinski definition) is 0. The molecule has 0 radical (unpaired) electrons. The Labute approximate surface area is 215 Å². The number of hydrogen-bond acceptors (Lipinski definition) is 4. The summed E-state index contributed by atoms with van der Waals surface area (Å²) in [5.74, 6) is 0. The smallest absolute Gasteiger partial charge is 0.0544 e. The van der Waals surface area contributed by atoms with E-state index in [4.69, 9.17) is 9.97 Å². The average molecular weight is 477 g/mol. The Morgan fingerprint density at radius 2 is 0.917 bits per heavy atom. The fourth-order valence-electron chi connectivity index (χ4n) is 5.56. The maximum atomic E-state index is 4.70. The third-order valence-corrected chi connectivity index (χ3v) is 7.27. The molecule has 1 aliphatic carbocycles. The van der Waals surface area contributed by atoms with E-state index in [-0.39, 0.29) is 0 Å². The van der Waals surface area contributed by atoms with Gasteiger partial charge in [-0.3, -0.25) is 19.8 Å². The van der Waals surface area contributed by atoms with Gasteiger partial charge in [-0.1, -0.05) is 85.6 Å². The summed E-state index contributed by atoms with van der Waals surface area (Å²) >= 11 is 0. The molecule has 1 fully saturated rings. The minimum atomic E-state index is 0.452. The lowest BCUT2D eigenvalue weighted by Gasteiger charge is -2.45. The Morgan fingerprint density at radius 3 is 1.31 bits per heavy atom. The molecule has 0 unspecified atom stereocenters. The molecule has 2 heterocycles. The fourth-order valence-corrected chi connectivity index (χ4v) is 5.56. The van der Waals surface area contributed by atoms with Gasteiger partial charge in [0.15, 0.2) is 0 Å². The second kappa shape index (κ2) is 12.6. The molecule has 0 saturated heterocycles. The van der Waals surface area contributed by atoms with Crippen molar-refractivity contribution in [3.8, 4) is 0 Å². The van der Waals surface area contributed by atoms with Crippen LogP contribution in [0.3, 0.4) is 0 Å². The lowest BCUT2D eigenvalue weighted by molar-refractivity contribution is 0.0284. The molecule has 0 bridgehead atoms. The monoisotopic (exact) mass is 476 g/mol. The number of nitrogens with zero attached hydrogens (tertiary/aromatic N) is 4. The Bertz CT molecular complexity index is 974. The largest absolute Gasteiger partial charge is 0.289 e. The summed E-state index contributed by atoms with van der Waals surface area (Å²) in [7, 11) is 0. The van der Waals surface area contributed by atoms with Gasteiger partial charge in [0, 0.05) is 50.7 Å². The van der Waals surface area contributed by atoms with Gasteiger partial charge in [-0.25, -0.2) is 0 Å². The molecule has 2 aromatic heterocycles. The zero-order chi connectivity index (χ0) is 24.4. The molecule has 0 aliphatic heterocycles. The molecule has 0 amide bonds. The van der Waals surface area contributed by atoms with E-state index >= 15 is 0 Å². The second-order valence-corrected chi connectivity index (χ2v) is 9.84. The maximum absolute atomic E-state index is 4.70. The molecule has 4 nitrogen and oxygen atoms in total. The molecule has 4 aromatic rings. The van der Waals surface area contributed by atoms with Gasteiger partial charge in [0.2, 0.25) is 0 Å². The highest BCUT2D eigenvalue weighted by molar-refractivity contribution is 5.17. The molecular formula is C32H36N4. The first-order chi connectivity index (χ1) is 17.8. The number of pyridine rings is 2. The highest BCUT2D eigenvalue weighted by atomic mass is 15.3. The Hall–Kier alpha value is -3.34. The summed E-state index contributed by atoms with van der Waals surface area (Å²) in [5, 5.41) is 0. The molecule has 2 aromatic carbocycles. The van der Waals surface area contributed by atoms with Gasteiger partial charge in [-0.15, -0.1) is 0 Å². The minimum absolute atomic E-state index is 0.452. The summed E-state index contributed by atoms with van der Waals surface area (Å²) in [5.41, 5.74) is 4.99. The van der Waals surface area contributed by atoms with Gasteiger partial charge >= 0.3 is 0 Å². The molecule has 36 heavy (non-hydrogen) atoms. The zero-order valence-corrected chi connectivity index (χ0v) is 21.0. The number of rotatable bonds is 10. The van der Waals surface area contributed by atoms with Crippen molar-refractivity contribution in [3.05, 3.63) is 132 Å².